The van der Waals surface area contributed by atoms with Gasteiger partial charge < -0.3 is 15.7 Å². The van der Waals surface area contributed by atoms with Gasteiger partial charge in [-0.25, -0.2) is 9.59 Å². The van der Waals surface area contributed by atoms with E-state index in [2.05, 4.69) is 26.6 Å². The van der Waals surface area contributed by atoms with Gasteiger partial charge in [0.15, 0.2) is 0 Å². The van der Waals surface area contributed by atoms with Gasteiger partial charge in [0.25, 0.3) is 0 Å². The van der Waals surface area contributed by atoms with Crippen molar-refractivity contribution in [3.8, 4) is 0 Å². The second kappa shape index (κ2) is 6.93. The predicted octanol–water partition coefficient (Wildman–Crippen LogP) is 3.31. The van der Waals surface area contributed by atoms with Gasteiger partial charge in [-0.15, -0.1) is 0 Å². The number of carbonyl (C=O) groups is 2. The summed E-state index contributed by atoms with van der Waals surface area (Å²) in [6.45, 7) is 7.15. The highest BCUT2D eigenvalue weighted by molar-refractivity contribution is 9.10. The molecule has 2 atom stereocenters. The van der Waals surface area contributed by atoms with Gasteiger partial charge in [-0.3, -0.25) is 0 Å². The molecule has 1 unspecified atom stereocenters. The first-order valence-corrected chi connectivity index (χ1v) is 7.46. The first kappa shape index (κ1) is 17.5. The Balaban J connectivity index is 2.68. The summed E-state index contributed by atoms with van der Waals surface area (Å²) < 4.78 is 0.960. The van der Waals surface area contributed by atoms with E-state index < -0.39 is 23.5 Å². The Hall–Kier alpha value is -1.56. The highest BCUT2D eigenvalue weighted by atomic mass is 79.9. The number of amides is 2. The minimum atomic E-state index is -1.05. The average Bonchev–Trinajstić information content (AvgIpc) is 2.35. The number of benzene rings is 1. The zero-order valence-electron chi connectivity index (χ0n) is 12.6. The van der Waals surface area contributed by atoms with E-state index in [1.165, 1.54) is 0 Å². The van der Waals surface area contributed by atoms with Crippen LogP contribution in [0.3, 0.4) is 0 Å². The largest absolute Gasteiger partial charge is 0.480 e. The lowest BCUT2D eigenvalue weighted by atomic mass is 9.87. The molecule has 0 radical (unpaired) electrons. The first-order valence-electron chi connectivity index (χ1n) is 6.66. The molecular weight excluding hydrogens is 336 g/mol. The second-order valence-corrected chi connectivity index (χ2v) is 6.94. The molecule has 0 saturated carbocycles. The smallest absolute Gasteiger partial charge is 0.326 e. The van der Waals surface area contributed by atoms with E-state index in [9.17, 15) is 14.7 Å². The van der Waals surface area contributed by atoms with Gasteiger partial charge >= 0.3 is 12.0 Å². The van der Waals surface area contributed by atoms with E-state index in [0.717, 1.165) is 10.0 Å². The molecule has 3 N–H and O–H groups in total. The lowest BCUT2D eigenvalue weighted by Gasteiger charge is -2.28. The van der Waals surface area contributed by atoms with Crippen LogP contribution in [-0.2, 0) is 4.79 Å². The Morgan fingerprint density at radius 2 is 1.67 bits per heavy atom. The lowest BCUT2D eigenvalue weighted by molar-refractivity contribution is -0.141. The van der Waals surface area contributed by atoms with E-state index in [1.807, 2.05) is 31.2 Å². The van der Waals surface area contributed by atoms with Gasteiger partial charge in [-0.1, -0.05) is 48.8 Å². The second-order valence-electron chi connectivity index (χ2n) is 6.03. The molecule has 0 aliphatic rings. The molecule has 0 heterocycles. The normalized spacial score (nSPS) is 14.1. The number of hydrogen-bond acceptors (Lipinski definition) is 2. The number of aliphatic carboxylic acids is 1. The topological polar surface area (TPSA) is 78.4 Å². The molecular formula is C15H21BrN2O3. The fraction of sp³-hybridized carbons (Fsp3) is 0.467. The van der Waals surface area contributed by atoms with Crippen molar-refractivity contribution >= 4 is 27.9 Å². The Morgan fingerprint density at radius 1 is 1.14 bits per heavy atom. The molecule has 116 valence electrons. The highest BCUT2D eigenvalue weighted by Gasteiger charge is 2.32. The van der Waals surface area contributed by atoms with Crippen molar-refractivity contribution < 1.29 is 14.7 Å². The fourth-order valence-corrected chi connectivity index (χ4v) is 2.12. The lowest BCUT2D eigenvalue weighted by Crippen LogP contribution is -2.52. The molecule has 21 heavy (non-hydrogen) atoms. The van der Waals surface area contributed by atoms with Gasteiger partial charge in [0.05, 0.1) is 6.04 Å². The van der Waals surface area contributed by atoms with Crippen molar-refractivity contribution in [2.24, 2.45) is 5.41 Å². The zero-order valence-corrected chi connectivity index (χ0v) is 14.2. The van der Waals surface area contributed by atoms with E-state index in [-0.39, 0.29) is 6.04 Å². The number of halogens is 1. The number of carboxylic acid groups (broad SMARTS) is 1. The summed E-state index contributed by atoms with van der Waals surface area (Å²) in [6.07, 6.45) is 0. The fourth-order valence-electron chi connectivity index (χ4n) is 1.85. The Bertz CT molecular complexity index is 509. The van der Waals surface area contributed by atoms with Crippen LogP contribution in [0, 0.1) is 5.41 Å². The monoisotopic (exact) mass is 356 g/mol. The maximum absolute atomic E-state index is 12.0. The van der Waals surface area contributed by atoms with Crippen LogP contribution in [0.25, 0.3) is 0 Å². The third-order valence-electron chi connectivity index (χ3n) is 3.11. The number of carboxylic acids is 1. The van der Waals surface area contributed by atoms with Crippen molar-refractivity contribution in [3.63, 3.8) is 0 Å². The molecule has 1 aromatic rings. The van der Waals surface area contributed by atoms with Crippen LogP contribution in [-0.4, -0.2) is 23.1 Å². The number of nitrogens with one attached hydrogen (secondary N) is 2. The van der Waals surface area contributed by atoms with Crippen LogP contribution in [0.1, 0.15) is 39.3 Å². The first-order chi connectivity index (χ1) is 9.61. The average molecular weight is 357 g/mol. The van der Waals surface area contributed by atoms with Gasteiger partial charge in [-0.05, 0) is 30.0 Å². The summed E-state index contributed by atoms with van der Waals surface area (Å²) in [6, 6.07) is 5.91. The standard InChI is InChI=1S/C15H21BrN2O3/c1-9(10-5-7-11(16)8-6-10)17-14(21)18-12(13(19)20)15(2,3)4/h5-9,12H,1-4H3,(H,19,20)(H2,17,18,21)/t9?,12-/m1/s1. The molecule has 0 spiro atoms. The van der Waals surface area contributed by atoms with E-state index >= 15 is 0 Å². The molecule has 1 aromatic carbocycles. The molecule has 0 aliphatic carbocycles. The van der Waals surface area contributed by atoms with E-state index in [0.29, 0.717) is 0 Å². The van der Waals surface area contributed by atoms with Crippen molar-refractivity contribution in [2.45, 2.75) is 39.8 Å². The molecule has 0 saturated heterocycles. The van der Waals surface area contributed by atoms with Crippen molar-refractivity contribution in [2.75, 3.05) is 0 Å². The Labute approximate surface area is 133 Å². The van der Waals surface area contributed by atoms with E-state index in [4.69, 9.17) is 0 Å². The van der Waals surface area contributed by atoms with Gasteiger partial charge in [0.2, 0.25) is 0 Å². The third kappa shape index (κ3) is 5.38. The summed E-state index contributed by atoms with van der Waals surface area (Å²) in [4.78, 5) is 23.2. The summed E-state index contributed by atoms with van der Waals surface area (Å²) in [5.74, 6) is -1.05. The number of urea groups is 1. The number of rotatable bonds is 4. The maximum atomic E-state index is 12.0. The Morgan fingerprint density at radius 3 is 2.10 bits per heavy atom. The highest BCUT2D eigenvalue weighted by Crippen LogP contribution is 2.20. The van der Waals surface area contributed by atoms with Crippen molar-refractivity contribution in [1.82, 2.24) is 10.6 Å². The zero-order chi connectivity index (χ0) is 16.2. The predicted molar refractivity (Wildman–Crippen MR) is 85.1 cm³/mol. The number of carbonyl (C=O) groups excluding carboxylic acids is 1. The minimum absolute atomic E-state index is 0.215. The van der Waals surface area contributed by atoms with E-state index in [1.54, 1.807) is 20.8 Å². The molecule has 0 bridgehead atoms. The molecule has 6 heteroatoms. The molecule has 0 fully saturated rings. The quantitative estimate of drug-likeness (QED) is 0.774. The summed E-state index contributed by atoms with van der Waals surface area (Å²) >= 11 is 3.35. The molecule has 0 aromatic heterocycles. The Kier molecular flexibility index (Phi) is 5.78. The van der Waals surface area contributed by atoms with Crippen LogP contribution in [0.2, 0.25) is 0 Å². The van der Waals surface area contributed by atoms with Crippen LogP contribution in [0.4, 0.5) is 4.79 Å². The molecule has 2 amide bonds. The molecule has 0 aliphatic heterocycles. The van der Waals surface area contributed by atoms with Crippen molar-refractivity contribution in [3.05, 3.63) is 34.3 Å². The molecule has 5 nitrogen and oxygen atoms in total. The van der Waals surface area contributed by atoms with Gasteiger partial charge in [0, 0.05) is 4.47 Å². The SMILES string of the molecule is CC(NC(=O)N[C@H](C(=O)O)C(C)(C)C)c1ccc(Br)cc1. The summed E-state index contributed by atoms with van der Waals surface area (Å²) in [5, 5.41) is 14.4. The minimum Gasteiger partial charge on any atom is -0.480 e. The van der Waals surface area contributed by atoms with Gasteiger partial charge in [-0.2, -0.15) is 0 Å². The van der Waals surface area contributed by atoms with Crippen LogP contribution in [0.15, 0.2) is 28.7 Å². The summed E-state index contributed by atoms with van der Waals surface area (Å²) in [7, 11) is 0. The van der Waals surface area contributed by atoms with Gasteiger partial charge in [0.1, 0.15) is 6.04 Å². The van der Waals surface area contributed by atoms with Crippen molar-refractivity contribution in [1.29, 1.82) is 0 Å². The van der Waals surface area contributed by atoms with Crippen LogP contribution < -0.4 is 10.6 Å². The summed E-state index contributed by atoms with van der Waals surface area (Å²) in [5.41, 5.74) is 0.375. The third-order valence-corrected chi connectivity index (χ3v) is 3.63. The molecule has 1 rings (SSSR count). The van der Waals surface area contributed by atoms with Crippen LogP contribution >= 0.6 is 15.9 Å². The maximum Gasteiger partial charge on any atom is 0.326 e. The van der Waals surface area contributed by atoms with Crippen LogP contribution in [0.5, 0.6) is 0 Å². The number of hydrogen-bond donors (Lipinski definition) is 3.